The predicted molar refractivity (Wildman–Crippen MR) is 80.4 cm³/mol. The van der Waals surface area contributed by atoms with E-state index in [9.17, 15) is 13.5 Å². The number of methoxy groups -OCH3 is 1. The zero-order valence-corrected chi connectivity index (χ0v) is 12.7. The molecule has 1 aromatic carbocycles. The molecule has 116 valence electrons. The first-order valence-corrected chi connectivity index (χ1v) is 7.82. The van der Waals surface area contributed by atoms with Gasteiger partial charge in [-0.25, -0.2) is 4.98 Å². The van der Waals surface area contributed by atoms with Crippen LogP contribution in [0.2, 0.25) is 0 Å². The molecule has 2 aromatic rings. The minimum absolute atomic E-state index is 0.0143. The van der Waals surface area contributed by atoms with Gasteiger partial charge in [0.2, 0.25) is 0 Å². The monoisotopic (exact) mass is 322 g/mol. The van der Waals surface area contributed by atoms with Crippen LogP contribution in [0.25, 0.3) is 11.0 Å². The van der Waals surface area contributed by atoms with Crippen LogP contribution in [0.15, 0.2) is 40.4 Å². The molecule has 0 saturated heterocycles. The topological polar surface area (TPSA) is 106 Å². The number of fused-ring (bicyclic) bond motifs is 1. The number of rotatable bonds is 3. The second kappa shape index (κ2) is 5.20. The highest BCUT2D eigenvalue weighted by Gasteiger charge is 2.25. The number of hydrogen-bond acceptors (Lipinski definition) is 5. The van der Waals surface area contributed by atoms with Gasteiger partial charge in [-0.3, -0.25) is 4.72 Å². The minimum atomic E-state index is -3.96. The molecule has 1 aromatic heterocycles. The number of nitrogens with one attached hydrogen (secondary N) is 1. The molecule has 1 atom stereocenters. The first-order chi connectivity index (χ1) is 10.4. The number of ether oxygens (including phenoxy) is 1. The normalized spacial score (nSPS) is 18.5. The van der Waals surface area contributed by atoms with Crippen molar-refractivity contribution < 1.29 is 18.3 Å². The molecular formula is C13H14N4O4S. The molecule has 22 heavy (non-hydrogen) atoms. The Morgan fingerprint density at radius 1 is 1.36 bits per heavy atom. The van der Waals surface area contributed by atoms with E-state index in [4.69, 9.17) is 4.74 Å². The lowest BCUT2D eigenvalue weighted by molar-refractivity contribution is -0.0469. The van der Waals surface area contributed by atoms with Gasteiger partial charge in [0, 0.05) is 14.2 Å². The molecule has 1 unspecified atom stereocenters. The van der Waals surface area contributed by atoms with Crippen molar-refractivity contribution in [3.05, 3.63) is 41.9 Å². The molecule has 1 aliphatic rings. The zero-order chi connectivity index (χ0) is 15.9. The van der Waals surface area contributed by atoms with Gasteiger partial charge in [0.1, 0.15) is 5.71 Å². The first kappa shape index (κ1) is 14.7. The highest BCUT2D eigenvalue weighted by molar-refractivity contribution is 7.88. The van der Waals surface area contributed by atoms with Crippen LogP contribution >= 0.6 is 0 Å². The Hall–Kier alpha value is -2.23. The largest absolute Gasteiger partial charge is 0.363 e. The smallest absolute Gasteiger partial charge is 0.342 e. The summed E-state index contributed by atoms with van der Waals surface area (Å²) in [6.45, 7) is 0. The number of aromatic nitrogens is 2. The summed E-state index contributed by atoms with van der Waals surface area (Å²) in [6, 6.07) is 7.40. The maximum absolute atomic E-state index is 11.8. The Balaban J connectivity index is 2.17. The van der Waals surface area contributed by atoms with Gasteiger partial charge in [0.15, 0.2) is 12.1 Å². The Morgan fingerprint density at radius 3 is 2.77 bits per heavy atom. The molecule has 9 heteroatoms. The van der Waals surface area contributed by atoms with Crippen LogP contribution < -0.4 is 4.72 Å². The highest BCUT2D eigenvalue weighted by atomic mass is 32.2. The molecule has 8 nitrogen and oxygen atoms in total. The molecular weight excluding hydrogens is 308 g/mol. The van der Waals surface area contributed by atoms with E-state index < -0.39 is 16.5 Å². The number of benzene rings is 1. The average Bonchev–Trinajstić information content (AvgIpc) is 2.82. The zero-order valence-electron chi connectivity index (χ0n) is 11.9. The van der Waals surface area contributed by atoms with Gasteiger partial charge >= 0.3 is 10.2 Å². The minimum Gasteiger partial charge on any atom is -0.363 e. The Labute approximate surface area is 126 Å². The summed E-state index contributed by atoms with van der Waals surface area (Å²) in [5.74, 6) is 0.382. The Morgan fingerprint density at radius 2 is 2.09 bits per heavy atom. The molecule has 0 aliphatic carbocycles. The Bertz CT molecular complexity index is 898. The van der Waals surface area contributed by atoms with Gasteiger partial charge < -0.3 is 14.4 Å². The van der Waals surface area contributed by atoms with Gasteiger partial charge in [-0.1, -0.05) is 12.1 Å². The number of nitrogens with zero attached hydrogens (tertiary/aromatic N) is 3. The van der Waals surface area contributed by atoms with Crippen molar-refractivity contribution in [1.82, 2.24) is 14.3 Å². The van der Waals surface area contributed by atoms with E-state index in [1.54, 1.807) is 11.6 Å². The van der Waals surface area contributed by atoms with E-state index in [0.717, 1.165) is 11.0 Å². The molecule has 1 aliphatic heterocycles. The summed E-state index contributed by atoms with van der Waals surface area (Å²) >= 11 is 0. The van der Waals surface area contributed by atoms with Crippen molar-refractivity contribution in [3.8, 4) is 0 Å². The number of allylic oxidation sites excluding steroid dienone is 1. The van der Waals surface area contributed by atoms with Gasteiger partial charge in [0.25, 0.3) is 0 Å². The maximum Gasteiger partial charge on any atom is 0.342 e. The van der Waals surface area contributed by atoms with Crippen LogP contribution in [-0.4, -0.2) is 42.2 Å². The molecule has 0 saturated carbocycles. The van der Waals surface area contributed by atoms with E-state index in [1.807, 2.05) is 24.3 Å². The van der Waals surface area contributed by atoms with Crippen molar-refractivity contribution in [1.29, 1.82) is 0 Å². The average molecular weight is 322 g/mol. The van der Waals surface area contributed by atoms with Gasteiger partial charge in [-0.05, 0) is 18.2 Å². The number of aliphatic hydroxyl groups excluding tert-OH is 1. The van der Waals surface area contributed by atoms with Crippen LogP contribution in [0.5, 0.6) is 0 Å². The van der Waals surface area contributed by atoms with E-state index in [1.165, 1.54) is 13.2 Å². The molecule has 0 fully saturated rings. The second-order valence-electron chi connectivity index (χ2n) is 4.72. The van der Waals surface area contributed by atoms with Crippen molar-refractivity contribution in [2.45, 2.75) is 6.29 Å². The lowest BCUT2D eigenvalue weighted by Gasteiger charge is -2.18. The third kappa shape index (κ3) is 2.49. The van der Waals surface area contributed by atoms with Crippen LogP contribution in [0.1, 0.15) is 5.82 Å². The van der Waals surface area contributed by atoms with Crippen molar-refractivity contribution >= 4 is 27.0 Å². The summed E-state index contributed by atoms with van der Waals surface area (Å²) in [7, 11) is -0.932. The number of aliphatic hydroxyl groups is 1. The number of hydrogen-bond donors (Lipinski definition) is 2. The molecule has 0 radical (unpaired) electrons. The molecule has 2 N–H and O–H groups in total. The van der Waals surface area contributed by atoms with Crippen LogP contribution in [0.3, 0.4) is 0 Å². The van der Waals surface area contributed by atoms with Crippen molar-refractivity contribution in [3.63, 3.8) is 0 Å². The molecule has 2 heterocycles. The summed E-state index contributed by atoms with van der Waals surface area (Å²) < 4.78 is 36.0. The molecule has 3 rings (SSSR count). The van der Waals surface area contributed by atoms with Gasteiger partial charge in [0.05, 0.1) is 16.7 Å². The fraction of sp³-hybridized carbons (Fsp3) is 0.231. The summed E-state index contributed by atoms with van der Waals surface area (Å²) in [5.41, 5.74) is 1.68. The standard InChI is InChI=1S/C13H14N4O4S/c1-17-11-6-4-3-5-8(11)14-12(17)9-7-10(13(18)21-2)16-22(19,20)15-9/h3-7,13,16,18H,1-2H3. The van der Waals surface area contributed by atoms with E-state index >= 15 is 0 Å². The lowest BCUT2D eigenvalue weighted by Crippen LogP contribution is -2.34. The quantitative estimate of drug-likeness (QED) is 0.777. The second-order valence-corrected chi connectivity index (χ2v) is 6.06. The van der Waals surface area contributed by atoms with Gasteiger partial charge in [-0.15, -0.1) is 4.40 Å². The SMILES string of the molecule is COC(O)C1=CC(c2nc3ccccc3n2C)=NS(=O)(=O)N1. The first-order valence-electron chi connectivity index (χ1n) is 6.38. The van der Waals surface area contributed by atoms with E-state index in [-0.39, 0.29) is 11.4 Å². The highest BCUT2D eigenvalue weighted by Crippen LogP contribution is 2.18. The lowest BCUT2D eigenvalue weighted by atomic mass is 10.2. The summed E-state index contributed by atoms with van der Waals surface area (Å²) in [6.07, 6.45) is 0.00568. The molecule has 0 spiro atoms. The number of imidazole rings is 1. The summed E-state index contributed by atoms with van der Waals surface area (Å²) in [4.78, 5) is 4.39. The van der Waals surface area contributed by atoms with E-state index in [0.29, 0.717) is 5.82 Å². The third-order valence-electron chi connectivity index (χ3n) is 3.26. The fourth-order valence-corrected chi connectivity index (χ4v) is 3.13. The number of para-hydroxylation sites is 2. The fourth-order valence-electron chi connectivity index (χ4n) is 2.23. The molecule has 0 amide bonds. The van der Waals surface area contributed by atoms with Crippen LogP contribution in [0.4, 0.5) is 0 Å². The molecule has 0 bridgehead atoms. The van der Waals surface area contributed by atoms with Crippen molar-refractivity contribution in [2.24, 2.45) is 11.4 Å². The maximum atomic E-state index is 11.8. The number of aryl methyl sites for hydroxylation is 1. The summed E-state index contributed by atoms with van der Waals surface area (Å²) in [5, 5.41) is 9.69. The predicted octanol–water partition coefficient (Wildman–Crippen LogP) is 0.0591. The van der Waals surface area contributed by atoms with E-state index in [2.05, 4.69) is 14.1 Å². The van der Waals surface area contributed by atoms with Crippen LogP contribution in [0, 0.1) is 0 Å². The van der Waals surface area contributed by atoms with Gasteiger partial charge in [-0.2, -0.15) is 8.42 Å². The van der Waals surface area contributed by atoms with Crippen LogP contribution in [-0.2, 0) is 22.0 Å². The Kier molecular flexibility index (Phi) is 3.47. The van der Waals surface area contributed by atoms with Crippen molar-refractivity contribution in [2.75, 3.05) is 7.11 Å². The third-order valence-corrected chi connectivity index (χ3v) is 4.19.